The maximum Gasteiger partial charge on any atom is 0.137 e. The molecule has 0 aliphatic heterocycles. The highest BCUT2D eigenvalue weighted by atomic mass is 15.3. The molecule has 92 valence electrons. The first kappa shape index (κ1) is 13.2. The van der Waals surface area contributed by atoms with E-state index in [1.54, 1.807) is 12.7 Å². The second-order valence-electron chi connectivity index (χ2n) is 4.58. The van der Waals surface area contributed by atoms with E-state index in [1.807, 2.05) is 4.68 Å². The molecule has 0 saturated heterocycles. The lowest BCUT2D eigenvalue weighted by Gasteiger charge is -2.19. The molecule has 4 heteroatoms. The van der Waals surface area contributed by atoms with Crippen LogP contribution in [0.1, 0.15) is 46.5 Å². The van der Waals surface area contributed by atoms with Gasteiger partial charge in [0.25, 0.3) is 0 Å². The quantitative estimate of drug-likeness (QED) is 0.689. The van der Waals surface area contributed by atoms with Gasteiger partial charge in [0.2, 0.25) is 0 Å². The monoisotopic (exact) mass is 224 g/mol. The first-order valence-corrected chi connectivity index (χ1v) is 6.30. The number of rotatable bonds is 8. The summed E-state index contributed by atoms with van der Waals surface area (Å²) in [5.41, 5.74) is 0. The van der Waals surface area contributed by atoms with Gasteiger partial charge in [0.15, 0.2) is 0 Å². The Morgan fingerprint density at radius 3 is 2.69 bits per heavy atom. The van der Waals surface area contributed by atoms with E-state index >= 15 is 0 Å². The van der Waals surface area contributed by atoms with Crippen LogP contribution in [-0.4, -0.2) is 26.8 Å². The molecule has 0 radical (unpaired) electrons. The Balaban J connectivity index is 2.15. The number of hydrogen-bond donors (Lipinski definition) is 1. The number of nitrogens with zero attached hydrogens (tertiary/aromatic N) is 3. The predicted octanol–water partition coefficient (Wildman–Crippen LogP) is 2.23. The van der Waals surface area contributed by atoms with Crippen molar-refractivity contribution in [3.8, 4) is 0 Å². The summed E-state index contributed by atoms with van der Waals surface area (Å²) in [6.07, 6.45) is 8.55. The van der Waals surface area contributed by atoms with Gasteiger partial charge in [-0.15, -0.1) is 0 Å². The fraction of sp³-hybridized carbons (Fsp3) is 0.833. The summed E-state index contributed by atoms with van der Waals surface area (Å²) in [4.78, 5) is 3.94. The molecule has 1 aromatic heterocycles. The van der Waals surface area contributed by atoms with Crippen LogP contribution in [0, 0.1) is 0 Å². The van der Waals surface area contributed by atoms with Crippen LogP contribution in [0.2, 0.25) is 0 Å². The Morgan fingerprint density at radius 2 is 2.06 bits per heavy atom. The van der Waals surface area contributed by atoms with E-state index in [4.69, 9.17) is 0 Å². The molecule has 2 atom stereocenters. The van der Waals surface area contributed by atoms with E-state index in [9.17, 15) is 0 Å². The van der Waals surface area contributed by atoms with Gasteiger partial charge in [-0.25, -0.2) is 4.98 Å². The molecule has 0 spiro atoms. The first-order valence-electron chi connectivity index (χ1n) is 6.30. The molecule has 2 unspecified atom stereocenters. The second kappa shape index (κ2) is 7.39. The summed E-state index contributed by atoms with van der Waals surface area (Å²) < 4.78 is 1.87. The third-order valence-electron chi connectivity index (χ3n) is 2.74. The Morgan fingerprint density at radius 1 is 1.25 bits per heavy atom. The number of nitrogens with one attached hydrogen (secondary N) is 1. The van der Waals surface area contributed by atoms with E-state index in [-0.39, 0.29) is 0 Å². The number of aromatic nitrogens is 3. The van der Waals surface area contributed by atoms with Crippen LogP contribution >= 0.6 is 0 Å². The van der Waals surface area contributed by atoms with Gasteiger partial charge in [0.1, 0.15) is 12.7 Å². The number of hydrogen-bond acceptors (Lipinski definition) is 3. The lowest BCUT2D eigenvalue weighted by atomic mass is 10.1. The molecule has 0 amide bonds. The van der Waals surface area contributed by atoms with Gasteiger partial charge >= 0.3 is 0 Å². The molecule has 0 saturated carbocycles. The van der Waals surface area contributed by atoms with Crippen molar-refractivity contribution >= 4 is 0 Å². The van der Waals surface area contributed by atoms with Gasteiger partial charge in [-0.05, 0) is 20.3 Å². The summed E-state index contributed by atoms with van der Waals surface area (Å²) in [6, 6.07) is 1.03. The van der Waals surface area contributed by atoms with Crippen LogP contribution in [0.15, 0.2) is 12.7 Å². The zero-order valence-electron chi connectivity index (χ0n) is 10.7. The summed E-state index contributed by atoms with van der Waals surface area (Å²) in [6.45, 7) is 7.58. The van der Waals surface area contributed by atoms with E-state index in [0.717, 1.165) is 6.54 Å². The Kier molecular flexibility index (Phi) is 6.08. The lowest BCUT2D eigenvalue weighted by molar-refractivity contribution is 0.387. The van der Waals surface area contributed by atoms with Gasteiger partial charge in [0.05, 0.1) is 6.54 Å². The van der Waals surface area contributed by atoms with E-state index in [2.05, 4.69) is 36.2 Å². The Bertz CT molecular complexity index is 258. The summed E-state index contributed by atoms with van der Waals surface area (Å²) in [7, 11) is 0. The van der Waals surface area contributed by atoms with Crippen LogP contribution in [0.3, 0.4) is 0 Å². The third kappa shape index (κ3) is 5.26. The summed E-state index contributed by atoms with van der Waals surface area (Å²) in [5.74, 6) is 0. The van der Waals surface area contributed by atoms with Crippen molar-refractivity contribution in [2.75, 3.05) is 0 Å². The van der Waals surface area contributed by atoms with Crippen molar-refractivity contribution in [2.24, 2.45) is 0 Å². The molecule has 0 bridgehead atoms. The highest BCUT2D eigenvalue weighted by Gasteiger charge is 2.07. The van der Waals surface area contributed by atoms with Crippen LogP contribution in [0.25, 0.3) is 0 Å². The smallest absolute Gasteiger partial charge is 0.137 e. The van der Waals surface area contributed by atoms with Crippen molar-refractivity contribution in [1.82, 2.24) is 20.1 Å². The Labute approximate surface area is 98.5 Å². The summed E-state index contributed by atoms with van der Waals surface area (Å²) in [5, 5.41) is 7.69. The summed E-state index contributed by atoms with van der Waals surface area (Å²) >= 11 is 0. The molecule has 0 fully saturated rings. The van der Waals surface area contributed by atoms with E-state index in [1.165, 1.54) is 25.7 Å². The maximum atomic E-state index is 4.10. The van der Waals surface area contributed by atoms with Crippen molar-refractivity contribution in [3.63, 3.8) is 0 Å². The fourth-order valence-corrected chi connectivity index (χ4v) is 1.93. The SMILES string of the molecule is CCCCCC(C)NC(C)Cn1cncn1. The van der Waals surface area contributed by atoms with Crippen LogP contribution in [0.5, 0.6) is 0 Å². The molecule has 1 heterocycles. The van der Waals surface area contributed by atoms with E-state index < -0.39 is 0 Å². The highest BCUT2D eigenvalue weighted by Crippen LogP contribution is 2.04. The largest absolute Gasteiger partial charge is 0.310 e. The zero-order valence-corrected chi connectivity index (χ0v) is 10.7. The zero-order chi connectivity index (χ0) is 11.8. The average molecular weight is 224 g/mol. The lowest BCUT2D eigenvalue weighted by Crippen LogP contribution is -2.37. The molecule has 4 nitrogen and oxygen atoms in total. The van der Waals surface area contributed by atoms with Gasteiger partial charge in [0, 0.05) is 12.1 Å². The molecular weight excluding hydrogens is 200 g/mol. The molecule has 16 heavy (non-hydrogen) atoms. The van der Waals surface area contributed by atoms with Gasteiger partial charge < -0.3 is 5.32 Å². The molecule has 0 aromatic carbocycles. The van der Waals surface area contributed by atoms with Crippen LogP contribution in [-0.2, 0) is 6.54 Å². The van der Waals surface area contributed by atoms with Crippen LogP contribution in [0.4, 0.5) is 0 Å². The minimum absolute atomic E-state index is 0.443. The molecule has 1 aromatic rings. The van der Waals surface area contributed by atoms with Gasteiger partial charge in [-0.2, -0.15) is 5.10 Å². The van der Waals surface area contributed by atoms with Crippen molar-refractivity contribution in [2.45, 2.75) is 65.1 Å². The van der Waals surface area contributed by atoms with Crippen molar-refractivity contribution in [3.05, 3.63) is 12.7 Å². The highest BCUT2D eigenvalue weighted by molar-refractivity contribution is 4.69. The molecule has 0 aliphatic carbocycles. The van der Waals surface area contributed by atoms with Crippen LogP contribution < -0.4 is 5.32 Å². The molecule has 0 aliphatic rings. The van der Waals surface area contributed by atoms with E-state index in [0.29, 0.717) is 12.1 Å². The second-order valence-corrected chi connectivity index (χ2v) is 4.58. The predicted molar refractivity (Wildman–Crippen MR) is 66.2 cm³/mol. The number of unbranched alkanes of at least 4 members (excludes halogenated alkanes) is 2. The normalized spacial score (nSPS) is 14.9. The standard InChI is InChI=1S/C12H24N4/c1-4-5-6-7-11(2)15-12(3)8-16-10-13-9-14-16/h9-12,15H,4-8H2,1-3H3. The molecular formula is C12H24N4. The fourth-order valence-electron chi connectivity index (χ4n) is 1.93. The van der Waals surface area contributed by atoms with Crippen molar-refractivity contribution < 1.29 is 0 Å². The van der Waals surface area contributed by atoms with Crippen molar-refractivity contribution in [1.29, 1.82) is 0 Å². The van der Waals surface area contributed by atoms with Gasteiger partial charge in [-0.3, -0.25) is 4.68 Å². The minimum Gasteiger partial charge on any atom is -0.310 e. The first-order chi connectivity index (χ1) is 7.72. The topological polar surface area (TPSA) is 42.7 Å². The minimum atomic E-state index is 0.443. The molecule has 1 rings (SSSR count). The average Bonchev–Trinajstić information content (AvgIpc) is 2.70. The third-order valence-corrected chi connectivity index (χ3v) is 2.74. The van der Waals surface area contributed by atoms with Gasteiger partial charge in [-0.1, -0.05) is 26.2 Å². The maximum absolute atomic E-state index is 4.10. The molecule has 1 N–H and O–H groups in total. The Hall–Kier alpha value is -0.900.